The number of thiazole rings is 1. The molecule has 1 aliphatic heterocycles. The summed E-state index contributed by atoms with van der Waals surface area (Å²) in [4.78, 5) is 8.60. The van der Waals surface area contributed by atoms with Crippen molar-refractivity contribution < 1.29 is 0 Å². The second kappa shape index (κ2) is 6.33. The minimum Gasteiger partial charge on any atom is -0.317 e. The Morgan fingerprint density at radius 3 is 2.74 bits per heavy atom. The lowest BCUT2D eigenvalue weighted by atomic mass is 9.97. The van der Waals surface area contributed by atoms with E-state index in [-0.39, 0.29) is 0 Å². The van der Waals surface area contributed by atoms with Crippen LogP contribution >= 0.6 is 11.3 Å². The smallest absolute Gasteiger partial charge is 0.0797 e. The summed E-state index contributed by atoms with van der Waals surface area (Å²) in [6.07, 6.45) is 6.77. The maximum atomic E-state index is 4.36. The molecular formula is C15H25N3S. The lowest BCUT2D eigenvalue weighted by Crippen LogP contribution is -2.38. The molecule has 0 amide bonds. The Morgan fingerprint density at radius 1 is 1.32 bits per heavy atom. The summed E-state index contributed by atoms with van der Waals surface area (Å²) in [5, 5.41) is 3.47. The largest absolute Gasteiger partial charge is 0.317 e. The van der Waals surface area contributed by atoms with Gasteiger partial charge in [-0.25, -0.2) is 4.98 Å². The van der Waals surface area contributed by atoms with Crippen molar-refractivity contribution >= 4 is 11.3 Å². The number of rotatable bonds is 6. The Bertz CT molecular complexity index is 394. The molecule has 1 aromatic heterocycles. The van der Waals surface area contributed by atoms with Crippen LogP contribution in [0.2, 0.25) is 0 Å². The third-order valence-corrected chi connectivity index (χ3v) is 5.48. The normalized spacial score (nSPS) is 21.2. The van der Waals surface area contributed by atoms with Crippen LogP contribution in [0.25, 0.3) is 0 Å². The summed E-state index contributed by atoms with van der Waals surface area (Å²) in [5.74, 6) is 0.921. The molecule has 106 valence electrons. The third kappa shape index (κ3) is 3.77. The standard InChI is InChI=1S/C15H25N3S/c1-12-15(19-11-17-12)6-9-18(14-2-3-14)10-13-4-7-16-8-5-13/h11,13-14,16H,2-10H2,1H3. The van der Waals surface area contributed by atoms with Crippen molar-refractivity contribution in [3.63, 3.8) is 0 Å². The third-order valence-electron chi connectivity index (χ3n) is 4.49. The maximum Gasteiger partial charge on any atom is 0.0797 e. The molecule has 3 rings (SSSR count). The fraction of sp³-hybridized carbons (Fsp3) is 0.800. The minimum atomic E-state index is 0.892. The molecule has 4 heteroatoms. The van der Waals surface area contributed by atoms with E-state index >= 15 is 0 Å². The van der Waals surface area contributed by atoms with Gasteiger partial charge in [0.1, 0.15) is 0 Å². The lowest BCUT2D eigenvalue weighted by molar-refractivity contribution is 0.199. The van der Waals surface area contributed by atoms with Crippen LogP contribution in [0.3, 0.4) is 0 Å². The van der Waals surface area contributed by atoms with Crippen molar-refractivity contribution in [1.29, 1.82) is 0 Å². The van der Waals surface area contributed by atoms with E-state index in [1.165, 1.54) is 68.9 Å². The second-order valence-corrected chi connectivity index (χ2v) is 6.97. The maximum absolute atomic E-state index is 4.36. The summed E-state index contributed by atoms with van der Waals surface area (Å²) in [5.41, 5.74) is 3.22. The van der Waals surface area contributed by atoms with E-state index in [0.29, 0.717) is 0 Å². The van der Waals surface area contributed by atoms with Crippen molar-refractivity contribution in [2.24, 2.45) is 5.92 Å². The highest BCUT2D eigenvalue weighted by atomic mass is 32.1. The number of aryl methyl sites for hydroxylation is 1. The highest BCUT2D eigenvalue weighted by Gasteiger charge is 2.30. The molecule has 1 N–H and O–H groups in total. The summed E-state index contributed by atoms with van der Waals surface area (Å²) in [7, 11) is 0. The van der Waals surface area contributed by atoms with E-state index in [1.807, 2.05) is 16.8 Å². The van der Waals surface area contributed by atoms with Gasteiger partial charge < -0.3 is 5.32 Å². The molecule has 0 atom stereocenters. The SMILES string of the molecule is Cc1ncsc1CCN(CC1CCNCC1)C1CC1. The molecule has 0 unspecified atom stereocenters. The van der Waals surface area contributed by atoms with E-state index in [1.54, 1.807) is 0 Å². The molecule has 2 aliphatic rings. The first-order chi connectivity index (χ1) is 9.33. The van der Waals surface area contributed by atoms with Crippen LogP contribution in [-0.2, 0) is 6.42 Å². The molecule has 1 saturated heterocycles. The van der Waals surface area contributed by atoms with Crippen LogP contribution in [-0.4, -0.2) is 42.1 Å². The quantitative estimate of drug-likeness (QED) is 0.867. The predicted molar refractivity (Wildman–Crippen MR) is 80.7 cm³/mol. The monoisotopic (exact) mass is 279 g/mol. The molecule has 2 heterocycles. The molecule has 1 saturated carbocycles. The fourth-order valence-electron chi connectivity index (χ4n) is 3.07. The molecule has 1 aromatic rings. The highest BCUT2D eigenvalue weighted by molar-refractivity contribution is 7.09. The molecule has 0 aromatic carbocycles. The van der Waals surface area contributed by atoms with E-state index in [2.05, 4.69) is 22.1 Å². The van der Waals surface area contributed by atoms with Gasteiger partial charge in [0.15, 0.2) is 0 Å². The van der Waals surface area contributed by atoms with Crippen molar-refractivity contribution in [2.45, 2.75) is 45.1 Å². The number of hydrogen-bond donors (Lipinski definition) is 1. The average molecular weight is 279 g/mol. The van der Waals surface area contributed by atoms with Gasteiger partial charge in [-0.15, -0.1) is 11.3 Å². The van der Waals surface area contributed by atoms with Gasteiger partial charge in [0.05, 0.1) is 11.2 Å². The van der Waals surface area contributed by atoms with Crippen molar-refractivity contribution in [1.82, 2.24) is 15.2 Å². The predicted octanol–water partition coefficient (Wildman–Crippen LogP) is 2.46. The molecule has 0 bridgehead atoms. The first kappa shape index (κ1) is 13.5. The fourth-order valence-corrected chi connectivity index (χ4v) is 3.84. The van der Waals surface area contributed by atoms with E-state index in [9.17, 15) is 0 Å². The van der Waals surface area contributed by atoms with Gasteiger partial charge in [-0.05, 0) is 58.0 Å². The Balaban J connectivity index is 1.51. The zero-order valence-electron chi connectivity index (χ0n) is 11.9. The van der Waals surface area contributed by atoms with Crippen molar-refractivity contribution in [2.75, 3.05) is 26.2 Å². The van der Waals surface area contributed by atoms with Crippen molar-refractivity contribution in [3.05, 3.63) is 16.1 Å². The van der Waals surface area contributed by atoms with Crippen LogP contribution in [0.15, 0.2) is 5.51 Å². The van der Waals surface area contributed by atoms with Crippen LogP contribution in [0.5, 0.6) is 0 Å². The topological polar surface area (TPSA) is 28.2 Å². The number of piperidine rings is 1. The van der Waals surface area contributed by atoms with E-state index in [4.69, 9.17) is 0 Å². The number of hydrogen-bond acceptors (Lipinski definition) is 4. The van der Waals surface area contributed by atoms with Gasteiger partial charge in [0, 0.05) is 24.0 Å². The van der Waals surface area contributed by atoms with Crippen LogP contribution in [0.4, 0.5) is 0 Å². The first-order valence-corrected chi connectivity index (χ1v) is 8.54. The van der Waals surface area contributed by atoms with Crippen molar-refractivity contribution in [3.8, 4) is 0 Å². The number of nitrogens with one attached hydrogen (secondary N) is 1. The zero-order chi connectivity index (χ0) is 13.1. The van der Waals surface area contributed by atoms with Crippen LogP contribution in [0.1, 0.15) is 36.3 Å². The molecule has 1 aliphatic carbocycles. The van der Waals surface area contributed by atoms with Gasteiger partial charge in [-0.3, -0.25) is 4.90 Å². The summed E-state index contributed by atoms with van der Waals surface area (Å²) in [6, 6.07) is 0.892. The van der Waals surface area contributed by atoms with Gasteiger partial charge in [0.25, 0.3) is 0 Å². The molecule has 0 spiro atoms. The number of nitrogens with zero attached hydrogens (tertiary/aromatic N) is 2. The van der Waals surface area contributed by atoms with Gasteiger partial charge in [-0.1, -0.05) is 0 Å². The lowest BCUT2D eigenvalue weighted by Gasteiger charge is -2.30. The molecular weight excluding hydrogens is 254 g/mol. The Kier molecular flexibility index (Phi) is 4.51. The van der Waals surface area contributed by atoms with E-state index in [0.717, 1.165) is 12.0 Å². The second-order valence-electron chi connectivity index (χ2n) is 6.03. The van der Waals surface area contributed by atoms with E-state index < -0.39 is 0 Å². The minimum absolute atomic E-state index is 0.892. The van der Waals surface area contributed by atoms with Crippen LogP contribution in [0, 0.1) is 12.8 Å². The molecule has 19 heavy (non-hydrogen) atoms. The Hall–Kier alpha value is -0.450. The van der Waals surface area contributed by atoms with Gasteiger partial charge in [-0.2, -0.15) is 0 Å². The first-order valence-electron chi connectivity index (χ1n) is 7.66. The zero-order valence-corrected chi connectivity index (χ0v) is 12.7. The Labute approximate surface area is 120 Å². The number of aromatic nitrogens is 1. The summed E-state index contributed by atoms with van der Waals surface area (Å²) in [6.45, 7) is 7.14. The summed E-state index contributed by atoms with van der Waals surface area (Å²) < 4.78 is 0. The molecule has 2 fully saturated rings. The summed E-state index contributed by atoms with van der Waals surface area (Å²) >= 11 is 1.82. The highest BCUT2D eigenvalue weighted by Crippen LogP contribution is 2.29. The Morgan fingerprint density at radius 2 is 2.11 bits per heavy atom. The van der Waals surface area contributed by atoms with Crippen LogP contribution < -0.4 is 5.32 Å². The van der Waals surface area contributed by atoms with Gasteiger partial charge >= 0.3 is 0 Å². The van der Waals surface area contributed by atoms with Gasteiger partial charge in [0.2, 0.25) is 0 Å². The molecule has 0 radical (unpaired) electrons. The average Bonchev–Trinajstić information content (AvgIpc) is 3.20. The molecule has 3 nitrogen and oxygen atoms in total.